The number of anilines is 2. The molecule has 1 amide bonds. The molecule has 0 aliphatic rings. The van der Waals surface area contributed by atoms with Crippen molar-refractivity contribution in [3.8, 4) is 11.4 Å². The summed E-state index contributed by atoms with van der Waals surface area (Å²) in [7, 11) is -4.12. The molecule has 0 spiro atoms. The highest BCUT2D eigenvalue weighted by atomic mass is 32.2. The van der Waals surface area contributed by atoms with E-state index in [1.54, 1.807) is 0 Å². The Morgan fingerprint density at radius 2 is 1.42 bits per heavy atom. The summed E-state index contributed by atoms with van der Waals surface area (Å²) in [6, 6.07) is 17.4. The quantitative estimate of drug-likeness (QED) is 0.437. The van der Waals surface area contributed by atoms with Gasteiger partial charge in [0.15, 0.2) is 17.5 Å². The van der Waals surface area contributed by atoms with Crippen molar-refractivity contribution < 1.29 is 22.0 Å². The number of nitrogens with zero attached hydrogens (tertiary/aromatic N) is 2. The SMILES string of the molecule is O=C(Nc1ccc(NS(=O)(=O)c2ccc(F)c(F)c2)cc1)c1cnc(-c2ccccc2)nc1. The Labute approximate surface area is 188 Å². The Kier molecular flexibility index (Phi) is 6.09. The Hall–Kier alpha value is -4.18. The van der Waals surface area contributed by atoms with Crippen LogP contribution < -0.4 is 10.0 Å². The van der Waals surface area contributed by atoms with Gasteiger partial charge < -0.3 is 5.32 Å². The second kappa shape index (κ2) is 9.13. The average molecular weight is 466 g/mol. The van der Waals surface area contributed by atoms with E-state index in [1.807, 2.05) is 30.3 Å². The highest BCUT2D eigenvalue weighted by Crippen LogP contribution is 2.20. The Morgan fingerprint density at radius 1 is 0.788 bits per heavy atom. The molecule has 3 aromatic carbocycles. The number of hydrogen-bond acceptors (Lipinski definition) is 5. The van der Waals surface area contributed by atoms with Crippen molar-refractivity contribution in [3.05, 3.63) is 102 Å². The van der Waals surface area contributed by atoms with Crippen molar-refractivity contribution in [2.45, 2.75) is 4.90 Å². The summed E-state index contributed by atoms with van der Waals surface area (Å²) in [5.74, 6) is -2.36. The van der Waals surface area contributed by atoms with E-state index in [1.165, 1.54) is 36.7 Å². The molecule has 1 aromatic heterocycles. The van der Waals surface area contributed by atoms with Crippen LogP contribution in [0, 0.1) is 11.6 Å². The van der Waals surface area contributed by atoms with Crippen LogP contribution in [0.5, 0.6) is 0 Å². The number of hydrogen-bond donors (Lipinski definition) is 2. The molecule has 4 rings (SSSR count). The lowest BCUT2D eigenvalue weighted by atomic mass is 10.2. The minimum Gasteiger partial charge on any atom is -0.322 e. The van der Waals surface area contributed by atoms with E-state index < -0.39 is 32.5 Å². The Bertz CT molecular complexity index is 1400. The molecule has 166 valence electrons. The molecular formula is C23H16F2N4O3S. The summed E-state index contributed by atoms with van der Waals surface area (Å²) in [5, 5.41) is 2.67. The van der Waals surface area contributed by atoms with Gasteiger partial charge in [-0.2, -0.15) is 0 Å². The first-order valence-corrected chi connectivity index (χ1v) is 11.1. The zero-order chi connectivity index (χ0) is 23.4. The predicted octanol–water partition coefficient (Wildman–Crippen LogP) is 4.47. The summed E-state index contributed by atoms with van der Waals surface area (Å²) < 4.78 is 53.4. The lowest BCUT2D eigenvalue weighted by Crippen LogP contribution is -2.14. The normalized spacial score (nSPS) is 11.1. The zero-order valence-corrected chi connectivity index (χ0v) is 17.7. The summed E-state index contributed by atoms with van der Waals surface area (Å²) in [4.78, 5) is 20.4. The highest BCUT2D eigenvalue weighted by Gasteiger charge is 2.17. The van der Waals surface area contributed by atoms with Crippen LogP contribution in [-0.2, 0) is 10.0 Å². The minimum atomic E-state index is -4.12. The van der Waals surface area contributed by atoms with Gasteiger partial charge in [0.1, 0.15) is 0 Å². The first-order chi connectivity index (χ1) is 15.8. The van der Waals surface area contributed by atoms with Crippen LogP contribution in [0.15, 0.2) is 90.1 Å². The first-order valence-electron chi connectivity index (χ1n) is 9.58. The van der Waals surface area contributed by atoms with E-state index in [0.717, 1.165) is 17.7 Å². The molecule has 10 heteroatoms. The van der Waals surface area contributed by atoms with Gasteiger partial charge in [0.2, 0.25) is 0 Å². The monoisotopic (exact) mass is 466 g/mol. The van der Waals surface area contributed by atoms with Gasteiger partial charge in [-0.1, -0.05) is 30.3 Å². The van der Waals surface area contributed by atoms with Crippen molar-refractivity contribution in [1.82, 2.24) is 9.97 Å². The van der Waals surface area contributed by atoms with E-state index in [4.69, 9.17) is 0 Å². The maximum Gasteiger partial charge on any atom is 0.261 e. The lowest BCUT2D eigenvalue weighted by Gasteiger charge is -2.10. The molecule has 0 bridgehead atoms. The number of aromatic nitrogens is 2. The van der Waals surface area contributed by atoms with E-state index in [-0.39, 0.29) is 11.3 Å². The fraction of sp³-hybridized carbons (Fsp3) is 0. The van der Waals surface area contributed by atoms with E-state index in [2.05, 4.69) is 20.0 Å². The van der Waals surface area contributed by atoms with Crippen LogP contribution in [0.1, 0.15) is 10.4 Å². The van der Waals surface area contributed by atoms with Crippen molar-refractivity contribution in [2.75, 3.05) is 10.0 Å². The van der Waals surface area contributed by atoms with Crippen molar-refractivity contribution >= 4 is 27.3 Å². The fourth-order valence-corrected chi connectivity index (χ4v) is 3.93. The molecule has 0 aliphatic carbocycles. The Balaban J connectivity index is 1.42. The standard InChI is InChI=1S/C23H16F2N4O3S/c24-20-11-10-19(12-21(20)25)33(31,32)29-18-8-6-17(7-9-18)28-23(30)16-13-26-22(27-14-16)15-4-2-1-3-5-15/h1-14,29H,(H,28,30). The third-order valence-electron chi connectivity index (χ3n) is 4.54. The maximum atomic E-state index is 13.4. The number of carbonyl (C=O) groups is 1. The molecule has 0 aliphatic heterocycles. The molecule has 33 heavy (non-hydrogen) atoms. The van der Waals surface area contributed by atoms with Gasteiger partial charge in [-0.05, 0) is 42.5 Å². The highest BCUT2D eigenvalue weighted by molar-refractivity contribution is 7.92. The summed E-state index contributed by atoms with van der Waals surface area (Å²) in [5.41, 5.74) is 1.65. The van der Waals surface area contributed by atoms with E-state index in [0.29, 0.717) is 17.6 Å². The van der Waals surface area contributed by atoms with Crippen molar-refractivity contribution in [3.63, 3.8) is 0 Å². The fourth-order valence-electron chi connectivity index (χ4n) is 2.86. The second-order valence-corrected chi connectivity index (χ2v) is 8.56. The average Bonchev–Trinajstić information content (AvgIpc) is 2.82. The van der Waals surface area contributed by atoms with Crippen molar-refractivity contribution in [2.24, 2.45) is 0 Å². The maximum absolute atomic E-state index is 13.4. The molecule has 0 unspecified atom stereocenters. The van der Waals surface area contributed by atoms with Crippen molar-refractivity contribution in [1.29, 1.82) is 0 Å². The van der Waals surface area contributed by atoms with Gasteiger partial charge in [0.25, 0.3) is 15.9 Å². The lowest BCUT2D eigenvalue weighted by molar-refractivity contribution is 0.102. The molecule has 7 nitrogen and oxygen atoms in total. The number of halogens is 2. The third kappa shape index (κ3) is 5.18. The number of amides is 1. The van der Waals surface area contributed by atoms with E-state index >= 15 is 0 Å². The summed E-state index contributed by atoms with van der Waals surface area (Å²) >= 11 is 0. The minimum absolute atomic E-state index is 0.174. The number of benzene rings is 3. The number of rotatable bonds is 6. The zero-order valence-electron chi connectivity index (χ0n) is 16.9. The van der Waals surface area contributed by atoms with Gasteiger partial charge in [0.05, 0.1) is 10.5 Å². The largest absolute Gasteiger partial charge is 0.322 e. The second-order valence-electron chi connectivity index (χ2n) is 6.87. The molecule has 1 heterocycles. The van der Waals surface area contributed by atoms with Crippen LogP contribution >= 0.6 is 0 Å². The van der Waals surface area contributed by atoms with Gasteiger partial charge in [-0.3, -0.25) is 9.52 Å². The third-order valence-corrected chi connectivity index (χ3v) is 5.92. The van der Waals surface area contributed by atoms with Gasteiger partial charge >= 0.3 is 0 Å². The predicted molar refractivity (Wildman–Crippen MR) is 119 cm³/mol. The van der Waals surface area contributed by atoms with Crippen LogP contribution in [0.25, 0.3) is 11.4 Å². The van der Waals surface area contributed by atoms with E-state index in [9.17, 15) is 22.0 Å². The topological polar surface area (TPSA) is 101 Å². The van der Waals surface area contributed by atoms with Gasteiger partial charge in [-0.15, -0.1) is 0 Å². The molecule has 0 fully saturated rings. The smallest absolute Gasteiger partial charge is 0.261 e. The summed E-state index contributed by atoms with van der Waals surface area (Å²) in [6.45, 7) is 0. The molecule has 0 radical (unpaired) electrons. The van der Waals surface area contributed by atoms with Gasteiger partial charge in [0, 0.05) is 29.3 Å². The Morgan fingerprint density at radius 3 is 2.06 bits per heavy atom. The number of sulfonamides is 1. The van der Waals surface area contributed by atoms with Gasteiger partial charge in [-0.25, -0.2) is 27.2 Å². The van der Waals surface area contributed by atoms with Crippen LogP contribution in [0.4, 0.5) is 20.2 Å². The summed E-state index contributed by atoms with van der Waals surface area (Å²) in [6.07, 6.45) is 2.82. The molecule has 0 saturated heterocycles. The van der Waals surface area contributed by atoms with Crippen LogP contribution in [0.3, 0.4) is 0 Å². The number of carbonyl (C=O) groups excluding carboxylic acids is 1. The van der Waals surface area contributed by atoms with Crippen LogP contribution in [-0.4, -0.2) is 24.3 Å². The molecular weight excluding hydrogens is 450 g/mol. The van der Waals surface area contributed by atoms with Crippen LogP contribution in [0.2, 0.25) is 0 Å². The number of nitrogens with one attached hydrogen (secondary N) is 2. The first kappa shape index (κ1) is 22.0. The molecule has 0 saturated carbocycles. The molecule has 4 aromatic rings. The molecule has 0 atom stereocenters. The molecule has 2 N–H and O–H groups in total.